The molecule has 166 valence electrons. The Balaban J connectivity index is 1.92. The molecule has 0 spiro atoms. The summed E-state index contributed by atoms with van der Waals surface area (Å²) in [5.74, 6) is -1.04. The average molecular weight is 505 g/mol. The van der Waals surface area contributed by atoms with Crippen molar-refractivity contribution < 1.29 is 19.4 Å². The fourth-order valence-electron chi connectivity index (χ4n) is 2.37. The van der Waals surface area contributed by atoms with Gasteiger partial charge in [-0.3, -0.25) is 4.79 Å². The van der Waals surface area contributed by atoms with Gasteiger partial charge in [-0.15, -0.1) is 0 Å². The van der Waals surface area contributed by atoms with Crippen LogP contribution in [0.4, 0.5) is 5.69 Å². The number of anilines is 1. The van der Waals surface area contributed by atoms with Gasteiger partial charge >= 0.3 is 5.97 Å². The smallest absolute Gasteiger partial charge is 0.335 e. The summed E-state index contributed by atoms with van der Waals surface area (Å²) in [6, 6.07) is 13.2. The van der Waals surface area contributed by atoms with Crippen molar-refractivity contribution in [3.05, 3.63) is 59.7 Å². The number of aromatic carboxylic acids is 1. The van der Waals surface area contributed by atoms with Crippen LogP contribution in [0.5, 0.6) is 5.75 Å². The Kier molecular flexibility index (Phi) is 9.18. The minimum absolute atomic E-state index is 0.0516. The van der Waals surface area contributed by atoms with Crippen LogP contribution in [0.3, 0.4) is 0 Å². The molecule has 0 aliphatic carbocycles. The Hall–Kier alpha value is -2.26. The van der Waals surface area contributed by atoms with Crippen molar-refractivity contribution in [1.29, 1.82) is 0 Å². The molecule has 2 aromatic rings. The Morgan fingerprint density at radius 3 is 2.19 bits per heavy atom. The van der Waals surface area contributed by atoms with Crippen molar-refractivity contribution in [2.24, 2.45) is 0 Å². The number of benzene rings is 2. The van der Waals surface area contributed by atoms with Crippen LogP contribution >= 0.6 is 47.0 Å². The summed E-state index contributed by atoms with van der Waals surface area (Å²) in [5.41, 5.74) is 1.78. The number of aryl methyl sites for hydroxylation is 1. The Morgan fingerprint density at radius 1 is 1.06 bits per heavy atom. The molecule has 4 N–H and O–H groups in total. The molecule has 0 aromatic heterocycles. The lowest BCUT2D eigenvalue weighted by atomic mass is 10.2. The van der Waals surface area contributed by atoms with Crippen LogP contribution < -0.4 is 20.7 Å². The van der Waals surface area contributed by atoms with Gasteiger partial charge in [0, 0.05) is 5.69 Å². The summed E-state index contributed by atoms with van der Waals surface area (Å²) < 4.78 is 3.53. The predicted octanol–water partition coefficient (Wildman–Crippen LogP) is 4.13. The molecule has 0 radical (unpaired) electrons. The van der Waals surface area contributed by atoms with Crippen LogP contribution in [0, 0.1) is 0 Å². The lowest BCUT2D eigenvalue weighted by Gasteiger charge is -2.27. The largest absolute Gasteiger partial charge is 0.484 e. The molecule has 11 heteroatoms. The molecule has 0 saturated carbocycles. The number of carbonyl (C=O) groups excluding carboxylic acids is 1. The van der Waals surface area contributed by atoms with Gasteiger partial charge in [0.15, 0.2) is 11.7 Å². The van der Waals surface area contributed by atoms with E-state index in [4.69, 9.17) is 56.9 Å². The van der Waals surface area contributed by atoms with Crippen LogP contribution in [0.1, 0.15) is 22.8 Å². The number of carboxylic acid groups (broad SMARTS) is 1. The van der Waals surface area contributed by atoms with E-state index in [2.05, 4.69) is 16.0 Å². The minimum Gasteiger partial charge on any atom is -0.484 e. The first-order chi connectivity index (χ1) is 14.6. The van der Waals surface area contributed by atoms with Crippen LogP contribution in [-0.2, 0) is 11.2 Å². The third-order valence-corrected chi connectivity index (χ3v) is 4.87. The average Bonchev–Trinajstić information content (AvgIpc) is 2.72. The van der Waals surface area contributed by atoms with E-state index >= 15 is 0 Å². The quantitative estimate of drug-likeness (QED) is 0.244. The molecular formula is C20H20Cl3N3O4S. The summed E-state index contributed by atoms with van der Waals surface area (Å²) in [6.07, 6.45) is -0.260. The highest BCUT2D eigenvalue weighted by Gasteiger charge is 2.34. The van der Waals surface area contributed by atoms with E-state index in [1.54, 1.807) is 12.1 Å². The van der Waals surface area contributed by atoms with Crippen molar-refractivity contribution in [2.45, 2.75) is 23.3 Å². The standard InChI is InChI=1S/C20H20Cl3N3O4S/c1-2-12-3-9-15(10-4-12)30-11-16(27)25-18(20(21,22)23)26-19(31)24-14-7-5-13(6-8-14)17(28)29/h3-10,18H,2,11H2,1H3,(H,25,27)(H,28,29)(H2,24,26,31)/t18-/m1/s1. The molecule has 7 nitrogen and oxygen atoms in total. The maximum Gasteiger partial charge on any atom is 0.335 e. The number of hydrogen-bond donors (Lipinski definition) is 4. The Bertz CT molecular complexity index is 919. The van der Waals surface area contributed by atoms with E-state index in [0.717, 1.165) is 12.0 Å². The van der Waals surface area contributed by atoms with Gasteiger partial charge in [-0.1, -0.05) is 53.9 Å². The van der Waals surface area contributed by atoms with E-state index in [1.165, 1.54) is 24.3 Å². The highest BCUT2D eigenvalue weighted by Crippen LogP contribution is 2.29. The van der Waals surface area contributed by atoms with E-state index in [9.17, 15) is 9.59 Å². The summed E-state index contributed by atoms with van der Waals surface area (Å²) in [5, 5.41) is 17.0. The topological polar surface area (TPSA) is 99.7 Å². The number of carboxylic acids is 1. The number of amides is 1. The molecule has 2 aromatic carbocycles. The molecule has 31 heavy (non-hydrogen) atoms. The van der Waals surface area contributed by atoms with E-state index < -0.39 is 21.8 Å². The summed E-state index contributed by atoms with van der Waals surface area (Å²) in [7, 11) is 0. The van der Waals surface area contributed by atoms with Crippen molar-refractivity contribution in [3.8, 4) is 5.75 Å². The third kappa shape index (κ3) is 8.41. The highest BCUT2D eigenvalue weighted by molar-refractivity contribution is 7.80. The second-order valence-electron chi connectivity index (χ2n) is 6.31. The predicted molar refractivity (Wildman–Crippen MR) is 126 cm³/mol. The number of rotatable bonds is 8. The molecular weight excluding hydrogens is 485 g/mol. The first-order valence-corrected chi connectivity index (χ1v) is 10.6. The zero-order valence-corrected chi connectivity index (χ0v) is 19.4. The third-order valence-electron chi connectivity index (χ3n) is 4.00. The number of thiocarbonyl (C=S) groups is 1. The van der Waals surface area contributed by atoms with Crippen LogP contribution in [-0.4, -0.2) is 38.7 Å². The van der Waals surface area contributed by atoms with E-state index in [1.807, 2.05) is 19.1 Å². The Morgan fingerprint density at radius 2 is 1.68 bits per heavy atom. The SMILES string of the molecule is CCc1ccc(OCC(=O)N[C@H](NC(=S)Nc2ccc(C(=O)O)cc2)C(Cl)(Cl)Cl)cc1. The van der Waals surface area contributed by atoms with Crippen LogP contribution in [0.25, 0.3) is 0 Å². The summed E-state index contributed by atoms with van der Waals surface area (Å²) >= 11 is 23.1. The van der Waals surface area contributed by atoms with Gasteiger partial charge in [0.05, 0.1) is 5.56 Å². The van der Waals surface area contributed by atoms with Crippen molar-refractivity contribution in [2.75, 3.05) is 11.9 Å². The van der Waals surface area contributed by atoms with Gasteiger partial charge in [0.2, 0.25) is 3.79 Å². The molecule has 0 saturated heterocycles. The molecule has 1 atom stereocenters. The number of halogens is 3. The van der Waals surface area contributed by atoms with Gasteiger partial charge in [-0.2, -0.15) is 0 Å². The second-order valence-corrected chi connectivity index (χ2v) is 9.09. The molecule has 1 amide bonds. The summed E-state index contributed by atoms with van der Waals surface area (Å²) in [4.78, 5) is 23.2. The summed E-state index contributed by atoms with van der Waals surface area (Å²) in [6.45, 7) is 1.75. The fourth-order valence-corrected chi connectivity index (χ4v) is 2.93. The molecule has 0 bridgehead atoms. The van der Waals surface area contributed by atoms with Crippen LogP contribution in [0.2, 0.25) is 0 Å². The minimum atomic E-state index is -1.92. The van der Waals surface area contributed by atoms with Gasteiger partial charge in [0.25, 0.3) is 5.91 Å². The van der Waals surface area contributed by atoms with Gasteiger partial charge < -0.3 is 25.8 Å². The lowest BCUT2D eigenvalue weighted by Crippen LogP contribution is -2.56. The molecule has 0 aliphatic heterocycles. The zero-order valence-electron chi connectivity index (χ0n) is 16.3. The van der Waals surface area contributed by atoms with E-state index in [-0.39, 0.29) is 17.3 Å². The normalized spacial score (nSPS) is 11.9. The van der Waals surface area contributed by atoms with Gasteiger partial charge in [0.1, 0.15) is 11.9 Å². The fraction of sp³-hybridized carbons (Fsp3) is 0.250. The van der Waals surface area contributed by atoms with Gasteiger partial charge in [-0.05, 0) is 60.6 Å². The molecule has 0 unspecified atom stereocenters. The monoisotopic (exact) mass is 503 g/mol. The van der Waals surface area contributed by atoms with Crippen LogP contribution in [0.15, 0.2) is 48.5 Å². The maximum atomic E-state index is 12.3. The maximum absolute atomic E-state index is 12.3. The molecule has 0 aliphatic rings. The van der Waals surface area contributed by atoms with Crippen molar-refractivity contribution in [3.63, 3.8) is 0 Å². The molecule has 0 fully saturated rings. The first-order valence-electron chi connectivity index (χ1n) is 9.07. The van der Waals surface area contributed by atoms with Crippen molar-refractivity contribution >= 4 is 69.7 Å². The molecule has 2 rings (SSSR count). The van der Waals surface area contributed by atoms with Gasteiger partial charge in [-0.25, -0.2) is 4.79 Å². The number of alkyl halides is 3. The van der Waals surface area contributed by atoms with E-state index in [0.29, 0.717) is 11.4 Å². The number of carbonyl (C=O) groups is 2. The number of hydrogen-bond acceptors (Lipinski definition) is 4. The second kappa shape index (κ2) is 11.4. The Labute approximate surface area is 200 Å². The number of nitrogens with one attached hydrogen (secondary N) is 3. The number of ether oxygens (including phenoxy) is 1. The first kappa shape index (κ1) is 25.0. The highest BCUT2D eigenvalue weighted by atomic mass is 35.6. The lowest BCUT2D eigenvalue weighted by molar-refractivity contribution is -0.123. The zero-order chi connectivity index (χ0) is 23.0. The molecule has 0 heterocycles. The van der Waals surface area contributed by atoms with Crippen molar-refractivity contribution in [1.82, 2.24) is 10.6 Å².